The van der Waals surface area contributed by atoms with Gasteiger partial charge in [0.2, 0.25) is 11.6 Å². The molecule has 3 aliphatic rings. The minimum absolute atomic E-state index is 0.399. The fourth-order valence-electron chi connectivity index (χ4n) is 5.25. The highest BCUT2D eigenvalue weighted by Crippen LogP contribution is 2.36. The molecule has 1 unspecified atom stereocenters. The molecule has 0 aliphatic carbocycles. The summed E-state index contributed by atoms with van der Waals surface area (Å²) in [5.41, 5.74) is 12.6. The summed E-state index contributed by atoms with van der Waals surface area (Å²) in [4.78, 5) is 2.52. The van der Waals surface area contributed by atoms with Crippen LogP contribution in [0.1, 0.15) is 57.6 Å². The summed E-state index contributed by atoms with van der Waals surface area (Å²) >= 11 is 1.72. The molecule has 8 heteroatoms. The van der Waals surface area contributed by atoms with E-state index in [1.165, 1.54) is 36.3 Å². The number of fused-ring (bicyclic) bond motifs is 2. The Labute approximate surface area is 210 Å². The lowest BCUT2D eigenvalue weighted by atomic mass is 10.0. The zero-order chi connectivity index (χ0) is 23.9. The van der Waals surface area contributed by atoms with Crippen LogP contribution in [0.3, 0.4) is 0 Å². The Morgan fingerprint density at radius 1 is 1.03 bits per heavy atom. The fourth-order valence-corrected chi connectivity index (χ4v) is 6.38. The Hall–Kier alpha value is -3.39. The van der Waals surface area contributed by atoms with Crippen LogP contribution in [0, 0.1) is 0 Å². The first-order valence-corrected chi connectivity index (χ1v) is 13.4. The zero-order valence-electron chi connectivity index (χ0n) is 20.4. The van der Waals surface area contributed by atoms with Crippen LogP contribution in [0.15, 0.2) is 54.7 Å². The van der Waals surface area contributed by atoms with E-state index in [9.17, 15) is 0 Å². The van der Waals surface area contributed by atoms with Gasteiger partial charge >= 0.3 is 0 Å². The van der Waals surface area contributed by atoms with E-state index in [0.29, 0.717) is 5.92 Å². The van der Waals surface area contributed by atoms with Gasteiger partial charge in [0, 0.05) is 23.7 Å². The van der Waals surface area contributed by atoms with Gasteiger partial charge in [-0.25, -0.2) is 0 Å². The quantitative estimate of drug-likeness (QED) is 0.256. The van der Waals surface area contributed by atoms with Crippen molar-refractivity contribution in [1.29, 1.82) is 0 Å². The number of aromatic nitrogens is 5. The van der Waals surface area contributed by atoms with Gasteiger partial charge < -0.3 is 5.73 Å². The number of piperidine rings is 1. The smallest absolute Gasteiger partial charge is 0.239 e. The molecule has 0 saturated carbocycles. The summed E-state index contributed by atoms with van der Waals surface area (Å²) in [6, 6.07) is 17.1. The van der Waals surface area contributed by atoms with Crippen LogP contribution < -0.4 is 14.6 Å². The topological polar surface area (TPSA) is 68.3 Å². The third-order valence-corrected chi connectivity index (χ3v) is 8.26. The van der Waals surface area contributed by atoms with Crippen molar-refractivity contribution in [3.8, 4) is 22.6 Å². The third-order valence-electron chi connectivity index (χ3n) is 7.16. The molecule has 1 fully saturated rings. The Kier molecular flexibility index (Phi) is 5.68. The van der Waals surface area contributed by atoms with Crippen LogP contribution >= 0.6 is 11.7 Å². The molecule has 1 aromatic carbocycles. The van der Waals surface area contributed by atoms with Crippen molar-refractivity contribution in [2.75, 3.05) is 23.7 Å². The first kappa shape index (κ1) is 22.1. The lowest BCUT2D eigenvalue weighted by Crippen LogP contribution is -2.40. The maximum Gasteiger partial charge on any atom is 0.239 e. The highest BCUT2D eigenvalue weighted by atomic mass is 32.1. The first-order valence-electron chi connectivity index (χ1n) is 12.7. The molecule has 1 saturated heterocycles. The molecular weight excluding hydrogens is 454 g/mol. The van der Waals surface area contributed by atoms with Crippen LogP contribution in [-0.4, -0.2) is 31.9 Å². The summed E-state index contributed by atoms with van der Waals surface area (Å²) in [5, 5.41) is 9.03. The van der Waals surface area contributed by atoms with Crippen molar-refractivity contribution in [3.63, 3.8) is 0 Å². The average Bonchev–Trinajstić information content (AvgIpc) is 3.62. The maximum absolute atomic E-state index is 6.03. The van der Waals surface area contributed by atoms with Gasteiger partial charge in [0.05, 0.1) is 30.5 Å². The van der Waals surface area contributed by atoms with Crippen molar-refractivity contribution in [3.05, 3.63) is 60.4 Å². The summed E-state index contributed by atoms with van der Waals surface area (Å²) in [6.45, 7) is 6.65. The van der Waals surface area contributed by atoms with Crippen molar-refractivity contribution >= 4 is 28.8 Å². The van der Waals surface area contributed by atoms with Gasteiger partial charge in [0.1, 0.15) is 11.2 Å². The molecular formula is C27H32N7S+. The van der Waals surface area contributed by atoms with E-state index in [4.69, 9.17) is 5.73 Å². The monoisotopic (exact) mass is 486 g/mol. The second kappa shape index (κ2) is 9.00. The fraction of sp³-hybridized carbons (Fsp3) is 0.370. The average molecular weight is 487 g/mol. The Bertz CT molecular complexity index is 1420. The van der Waals surface area contributed by atoms with Gasteiger partial charge in [-0.05, 0) is 55.5 Å². The Balaban J connectivity index is 1.55. The second-order valence-electron chi connectivity index (χ2n) is 9.65. The lowest BCUT2D eigenvalue weighted by molar-refractivity contribution is -0.505. The molecule has 0 amide bonds. The summed E-state index contributed by atoms with van der Waals surface area (Å²) in [7, 11) is 0. The van der Waals surface area contributed by atoms with Gasteiger partial charge in [-0.2, -0.15) is 8.47 Å². The number of nitrogen functional groups attached to an aromatic ring is 1. The predicted octanol–water partition coefficient (Wildman–Crippen LogP) is 5.44. The summed E-state index contributed by atoms with van der Waals surface area (Å²) < 4.78 is 6.59. The minimum atomic E-state index is 0.399. The lowest BCUT2D eigenvalue weighted by Gasteiger charge is -2.23. The highest BCUT2D eigenvalue weighted by Gasteiger charge is 2.29. The van der Waals surface area contributed by atoms with Gasteiger partial charge in [0.25, 0.3) is 0 Å². The van der Waals surface area contributed by atoms with Crippen LogP contribution in [0.4, 0.5) is 11.5 Å². The van der Waals surface area contributed by atoms with E-state index in [1.807, 2.05) is 16.8 Å². The number of hydrogen-bond donors (Lipinski definition) is 1. The first-order chi connectivity index (χ1) is 17.1. The van der Waals surface area contributed by atoms with Crippen molar-refractivity contribution < 1.29 is 3.96 Å². The molecule has 180 valence electrons. The molecule has 7 nitrogen and oxygen atoms in total. The van der Waals surface area contributed by atoms with E-state index in [2.05, 4.69) is 79.4 Å². The Morgan fingerprint density at radius 3 is 2.60 bits per heavy atom. The highest BCUT2D eigenvalue weighted by molar-refractivity contribution is 6.96. The van der Waals surface area contributed by atoms with Gasteiger partial charge in [-0.3, -0.25) is 4.90 Å². The summed E-state index contributed by atoms with van der Waals surface area (Å²) in [5.74, 6) is 2.67. The number of benzene rings is 1. The van der Waals surface area contributed by atoms with Gasteiger partial charge in [-0.1, -0.05) is 37.6 Å². The molecule has 0 radical (unpaired) electrons. The molecule has 6 rings (SSSR count). The van der Waals surface area contributed by atoms with Gasteiger partial charge in [-0.15, -0.1) is 9.06 Å². The molecule has 35 heavy (non-hydrogen) atoms. The molecule has 0 bridgehead atoms. The van der Waals surface area contributed by atoms with Crippen molar-refractivity contribution in [1.82, 2.24) is 18.8 Å². The second-order valence-corrected chi connectivity index (χ2v) is 10.5. The van der Waals surface area contributed by atoms with E-state index < -0.39 is 0 Å². The predicted molar refractivity (Wildman–Crippen MR) is 142 cm³/mol. The van der Waals surface area contributed by atoms with Crippen LogP contribution in [0.25, 0.3) is 28.1 Å². The molecule has 5 heterocycles. The van der Waals surface area contributed by atoms with Crippen LogP contribution in [0.5, 0.6) is 0 Å². The Morgan fingerprint density at radius 2 is 1.83 bits per heavy atom. The molecule has 3 aromatic rings. The van der Waals surface area contributed by atoms with Crippen molar-refractivity contribution in [2.45, 2.75) is 51.9 Å². The number of nitrogens with zero attached hydrogens (tertiary/aromatic N) is 6. The number of hydrogen-bond acceptors (Lipinski definition) is 5. The van der Waals surface area contributed by atoms with Crippen LogP contribution in [0.2, 0.25) is 0 Å². The van der Waals surface area contributed by atoms with Gasteiger partial charge in [0.15, 0.2) is 11.7 Å². The summed E-state index contributed by atoms with van der Waals surface area (Å²) in [6.07, 6.45) is 8.15. The van der Waals surface area contributed by atoms with E-state index in [1.54, 1.807) is 11.7 Å². The van der Waals surface area contributed by atoms with Crippen LogP contribution in [-0.2, 0) is 0 Å². The van der Waals surface area contributed by atoms with Crippen molar-refractivity contribution in [2.24, 2.45) is 0 Å². The largest absolute Gasteiger partial charge is 0.399 e. The molecule has 2 N–H and O–H groups in total. The standard InChI is InChI=1S/C27H31N7S/c1-3-7-19(2)22-18-32(30-29-22)26-15-13-24-27(20-8-10-21(28)11-9-20)23-12-14-25(33(23)35-34(24)26)31-16-5-4-6-17-31/h8-15,18-19,28H,3-7,16-17H2,1-2H3/p+1. The number of nitrogens with two attached hydrogens (primary N) is 1. The van der Waals surface area contributed by atoms with E-state index >= 15 is 0 Å². The number of anilines is 2. The third kappa shape index (κ3) is 3.86. The molecule has 2 aromatic heterocycles. The van der Waals surface area contributed by atoms with E-state index in [0.717, 1.165) is 54.2 Å². The normalized spacial score (nSPS) is 15.3. The molecule has 1 atom stereocenters. The zero-order valence-corrected chi connectivity index (χ0v) is 21.2. The minimum Gasteiger partial charge on any atom is -0.399 e. The maximum atomic E-state index is 6.03. The SMILES string of the molecule is CCCC(C)c1cn(-c2ccc3c(-c4ccc(N)cc4)c4ccc(N5CCCCC5)[n+]-4sn23)nn1. The molecule has 0 spiro atoms. The number of rotatable bonds is 6. The molecule has 3 aliphatic heterocycles. The van der Waals surface area contributed by atoms with E-state index in [-0.39, 0.29) is 0 Å².